The molecule has 0 radical (unpaired) electrons. The van der Waals surface area contributed by atoms with Gasteiger partial charge in [-0.2, -0.15) is 0 Å². The van der Waals surface area contributed by atoms with Crippen molar-refractivity contribution >= 4 is 5.91 Å². The molecule has 4 heteroatoms. The molecule has 2 aromatic rings. The Bertz CT molecular complexity index is 672. The third-order valence-corrected chi connectivity index (χ3v) is 4.72. The number of nitrogens with zero attached hydrogens (tertiary/aromatic N) is 2. The van der Waals surface area contributed by atoms with Crippen LogP contribution in [0.3, 0.4) is 0 Å². The van der Waals surface area contributed by atoms with Gasteiger partial charge in [-0.25, -0.2) is 0 Å². The molecule has 1 aliphatic carbocycles. The Morgan fingerprint density at radius 1 is 1.25 bits per heavy atom. The van der Waals surface area contributed by atoms with Gasteiger partial charge in [0.05, 0.1) is 6.61 Å². The van der Waals surface area contributed by atoms with Gasteiger partial charge in [0.1, 0.15) is 0 Å². The Morgan fingerprint density at radius 2 is 2.04 bits per heavy atom. The number of fused-ring (bicyclic) bond motifs is 1. The zero-order valence-corrected chi connectivity index (χ0v) is 14.1. The lowest BCUT2D eigenvalue weighted by atomic mass is 9.97. The van der Waals surface area contributed by atoms with Crippen LogP contribution >= 0.6 is 0 Å². The van der Waals surface area contributed by atoms with Crippen LogP contribution in [0.15, 0.2) is 48.8 Å². The van der Waals surface area contributed by atoms with E-state index < -0.39 is 0 Å². The lowest BCUT2D eigenvalue weighted by Crippen LogP contribution is -2.34. The highest BCUT2D eigenvalue weighted by atomic mass is 16.5. The first kappa shape index (κ1) is 16.7. The summed E-state index contributed by atoms with van der Waals surface area (Å²) >= 11 is 0. The zero-order chi connectivity index (χ0) is 16.8. The Kier molecular flexibility index (Phi) is 5.59. The summed E-state index contributed by atoms with van der Waals surface area (Å²) in [5.74, 6) is 0.543. The number of amides is 1. The number of hydrogen-bond donors (Lipinski definition) is 0. The molecule has 1 amide bonds. The van der Waals surface area contributed by atoms with Crippen LogP contribution in [-0.4, -0.2) is 36.1 Å². The summed E-state index contributed by atoms with van der Waals surface area (Å²) in [6.45, 7) is 1.78. The Morgan fingerprint density at radius 3 is 2.83 bits per heavy atom. The fourth-order valence-electron chi connectivity index (χ4n) is 3.40. The minimum atomic E-state index is 0.200. The van der Waals surface area contributed by atoms with Crippen LogP contribution < -0.4 is 0 Å². The molecule has 3 rings (SSSR count). The number of aromatic nitrogens is 1. The normalized spacial score (nSPS) is 16.0. The van der Waals surface area contributed by atoms with E-state index in [9.17, 15) is 4.79 Å². The summed E-state index contributed by atoms with van der Waals surface area (Å²) < 4.78 is 5.18. The molecule has 0 unspecified atom stereocenters. The first-order valence-corrected chi connectivity index (χ1v) is 8.51. The predicted molar refractivity (Wildman–Crippen MR) is 93.7 cm³/mol. The predicted octanol–water partition coefficient (Wildman–Crippen LogP) is 3.18. The standard InChI is InChI=1S/C20H24N2O2/c1-24-13-12-22(15-16-8-10-21-11-9-16)20(23)14-18-7-6-17-4-2-3-5-19(17)18/h2-5,8-11,18H,6-7,12-15H2,1H3/t18-/m1/s1. The smallest absolute Gasteiger partial charge is 0.223 e. The van der Waals surface area contributed by atoms with E-state index in [-0.39, 0.29) is 5.91 Å². The van der Waals surface area contributed by atoms with Crippen molar-refractivity contribution < 1.29 is 9.53 Å². The van der Waals surface area contributed by atoms with Crippen LogP contribution in [0.25, 0.3) is 0 Å². The molecular formula is C20H24N2O2. The Balaban J connectivity index is 1.67. The zero-order valence-electron chi connectivity index (χ0n) is 14.1. The molecule has 0 aliphatic heterocycles. The van der Waals surface area contributed by atoms with E-state index in [0.29, 0.717) is 32.0 Å². The van der Waals surface area contributed by atoms with E-state index >= 15 is 0 Å². The van der Waals surface area contributed by atoms with Crippen LogP contribution in [0.1, 0.15) is 35.4 Å². The summed E-state index contributed by atoms with van der Waals surface area (Å²) in [7, 11) is 1.67. The summed E-state index contributed by atoms with van der Waals surface area (Å²) in [4.78, 5) is 18.8. The van der Waals surface area contributed by atoms with Crippen LogP contribution in [0.2, 0.25) is 0 Å². The maximum atomic E-state index is 12.9. The summed E-state index contributed by atoms with van der Waals surface area (Å²) in [6.07, 6.45) is 6.25. The molecule has 4 nitrogen and oxygen atoms in total. The van der Waals surface area contributed by atoms with Gasteiger partial charge in [0, 0.05) is 39.0 Å². The monoisotopic (exact) mass is 324 g/mol. The molecule has 1 heterocycles. The number of hydrogen-bond acceptors (Lipinski definition) is 3. The fraction of sp³-hybridized carbons (Fsp3) is 0.400. The highest BCUT2D eigenvalue weighted by Crippen LogP contribution is 2.35. The van der Waals surface area contributed by atoms with Gasteiger partial charge < -0.3 is 9.64 Å². The first-order valence-electron chi connectivity index (χ1n) is 8.51. The minimum Gasteiger partial charge on any atom is -0.383 e. The second-order valence-corrected chi connectivity index (χ2v) is 6.30. The second-order valence-electron chi connectivity index (χ2n) is 6.30. The summed E-state index contributed by atoms with van der Waals surface area (Å²) in [5.41, 5.74) is 3.84. The Hall–Kier alpha value is -2.20. The number of methoxy groups -OCH3 is 1. The van der Waals surface area contributed by atoms with Crippen molar-refractivity contribution in [2.45, 2.75) is 31.7 Å². The van der Waals surface area contributed by atoms with E-state index in [1.54, 1.807) is 19.5 Å². The second kappa shape index (κ2) is 8.06. The van der Waals surface area contributed by atoms with Gasteiger partial charge in [-0.05, 0) is 47.6 Å². The molecule has 0 saturated heterocycles. The minimum absolute atomic E-state index is 0.200. The van der Waals surface area contributed by atoms with Crippen LogP contribution in [0.5, 0.6) is 0 Å². The number of carbonyl (C=O) groups is 1. The quantitative estimate of drug-likeness (QED) is 0.785. The van der Waals surface area contributed by atoms with Crippen molar-refractivity contribution in [1.29, 1.82) is 0 Å². The van der Waals surface area contributed by atoms with Crippen LogP contribution in [-0.2, 0) is 22.5 Å². The van der Waals surface area contributed by atoms with Crippen molar-refractivity contribution in [2.75, 3.05) is 20.3 Å². The Labute approximate surface area is 143 Å². The molecule has 0 spiro atoms. The fourth-order valence-corrected chi connectivity index (χ4v) is 3.40. The molecule has 0 fully saturated rings. The highest BCUT2D eigenvalue weighted by Gasteiger charge is 2.26. The van der Waals surface area contributed by atoms with E-state index in [1.165, 1.54) is 11.1 Å². The van der Waals surface area contributed by atoms with E-state index in [1.807, 2.05) is 17.0 Å². The molecule has 1 aliphatic rings. The average Bonchev–Trinajstić information content (AvgIpc) is 3.02. The van der Waals surface area contributed by atoms with Gasteiger partial charge in [0.25, 0.3) is 0 Å². The van der Waals surface area contributed by atoms with Gasteiger partial charge in [-0.3, -0.25) is 9.78 Å². The van der Waals surface area contributed by atoms with Gasteiger partial charge in [0.15, 0.2) is 0 Å². The maximum Gasteiger partial charge on any atom is 0.223 e. The molecule has 1 aromatic heterocycles. The van der Waals surface area contributed by atoms with Crippen LogP contribution in [0.4, 0.5) is 0 Å². The first-order chi connectivity index (χ1) is 11.8. The molecule has 126 valence electrons. The van der Waals surface area contributed by atoms with Crippen molar-refractivity contribution in [3.63, 3.8) is 0 Å². The van der Waals surface area contributed by atoms with Crippen molar-refractivity contribution in [1.82, 2.24) is 9.88 Å². The van der Waals surface area contributed by atoms with Crippen molar-refractivity contribution in [2.24, 2.45) is 0 Å². The molecule has 1 atom stereocenters. The number of aryl methyl sites for hydroxylation is 1. The van der Waals surface area contributed by atoms with Crippen molar-refractivity contribution in [3.05, 3.63) is 65.5 Å². The molecule has 24 heavy (non-hydrogen) atoms. The molecule has 1 aromatic carbocycles. The third kappa shape index (κ3) is 4.01. The van der Waals surface area contributed by atoms with E-state index in [0.717, 1.165) is 18.4 Å². The number of rotatable bonds is 7. The molecule has 0 saturated carbocycles. The lowest BCUT2D eigenvalue weighted by Gasteiger charge is -2.24. The topological polar surface area (TPSA) is 42.4 Å². The maximum absolute atomic E-state index is 12.9. The molecule has 0 N–H and O–H groups in total. The molecule has 0 bridgehead atoms. The van der Waals surface area contributed by atoms with Crippen LogP contribution in [0, 0.1) is 0 Å². The largest absolute Gasteiger partial charge is 0.383 e. The number of pyridine rings is 1. The van der Waals surface area contributed by atoms with E-state index in [2.05, 4.69) is 29.2 Å². The van der Waals surface area contributed by atoms with Gasteiger partial charge in [0.2, 0.25) is 5.91 Å². The highest BCUT2D eigenvalue weighted by molar-refractivity contribution is 5.77. The lowest BCUT2D eigenvalue weighted by molar-refractivity contribution is -0.132. The van der Waals surface area contributed by atoms with Gasteiger partial charge in [-0.1, -0.05) is 24.3 Å². The van der Waals surface area contributed by atoms with Crippen molar-refractivity contribution in [3.8, 4) is 0 Å². The number of ether oxygens (including phenoxy) is 1. The number of carbonyl (C=O) groups excluding carboxylic acids is 1. The van der Waals surface area contributed by atoms with Gasteiger partial charge in [-0.15, -0.1) is 0 Å². The van der Waals surface area contributed by atoms with E-state index in [4.69, 9.17) is 4.74 Å². The summed E-state index contributed by atoms with van der Waals surface area (Å²) in [6, 6.07) is 12.4. The SMILES string of the molecule is COCCN(Cc1ccncc1)C(=O)C[C@H]1CCc2ccccc21. The average molecular weight is 324 g/mol. The molecular weight excluding hydrogens is 300 g/mol. The number of benzene rings is 1. The summed E-state index contributed by atoms with van der Waals surface area (Å²) in [5, 5.41) is 0. The third-order valence-electron chi connectivity index (χ3n) is 4.72. The van der Waals surface area contributed by atoms with Gasteiger partial charge >= 0.3 is 0 Å².